The van der Waals surface area contributed by atoms with Crippen LogP contribution in [0.25, 0.3) is 0 Å². The molecule has 0 atom stereocenters. The van der Waals surface area contributed by atoms with E-state index in [9.17, 15) is 4.79 Å². The summed E-state index contributed by atoms with van der Waals surface area (Å²) in [6, 6.07) is 3.46. The molecule has 0 fully saturated rings. The number of carbonyl (C=O) groups is 1. The van der Waals surface area contributed by atoms with Crippen LogP contribution >= 0.6 is 0 Å². The smallest absolute Gasteiger partial charge is 0.423 e. The van der Waals surface area contributed by atoms with E-state index < -0.39 is 6.09 Å². The Bertz CT molecular complexity index is 193. The lowest BCUT2D eigenvalue weighted by atomic mass is 10.7. The van der Waals surface area contributed by atoms with Gasteiger partial charge in [0.05, 0.1) is 0 Å². The van der Waals surface area contributed by atoms with E-state index >= 15 is 0 Å². The summed E-state index contributed by atoms with van der Waals surface area (Å²) in [5.74, 6) is 0. The molecule has 0 aliphatic heterocycles. The highest BCUT2D eigenvalue weighted by Gasteiger charge is 1.90. The predicted molar refractivity (Wildman–Crippen MR) is 31.8 cm³/mol. The van der Waals surface area contributed by atoms with Gasteiger partial charge in [0, 0.05) is 12.4 Å². The van der Waals surface area contributed by atoms with E-state index in [0.717, 1.165) is 0 Å². The Labute approximate surface area is 51.7 Å². The van der Waals surface area contributed by atoms with Crippen molar-refractivity contribution in [1.29, 1.82) is 0 Å². The molecule has 0 spiro atoms. The summed E-state index contributed by atoms with van der Waals surface area (Å²) in [4.78, 5) is 9.93. The number of amides is 1. The molecule has 4 nitrogen and oxygen atoms in total. The Morgan fingerprint density at radius 1 is 1.44 bits per heavy atom. The average Bonchev–Trinajstić information content (AvgIpc) is 2.15. The fraction of sp³-hybridized carbons (Fsp3) is 0. The second-order valence-electron chi connectivity index (χ2n) is 1.51. The molecule has 1 heterocycles. The van der Waals surface area contributed by atoms with Crippen LogP contribution in [0, 0.1) is 0 Å². The number of nitrogens with zero attached hydrogens (tertiary/aromatic N) is 1. The third-order valence-corrected chi connectivity index (χ3v) is 0.829. The number of rotatable bonds is 1. The highest BCUT2D eigenvalue weighted by molar-refractivity contribution is 5.73. The van der Waals surface area contributed by atoms with Gasteiger partial charge in [-0.1, -0.05) is 0 Å². The SMILES string of the molecule is O=C(O)Nn1cccc1. The molecule has 0 aliphatic rings. The molecule has 2 N–H and O–H groups in total. The molecule has 0 bridgehead atoms. The predicted octanol–water partition coefficient (Wildman–Crippen LogP) is 0.710. The summed E-state index contributed by atoms with van der Waals surface area (Å²) in [7, 11) is 0. The first kappa shape index (κ1) is 5.68. The number of carboxylic acid groups (broad SMARTS) is 1. The first-order valence-electron chi connectivity index (χ1n) is 2.42. The average molecular weight is 126 g/mol. The largest absolute Gasteiger partial charge is 0.464 e. The van der Waals surface area contributed by atoms with Crippen molar-refractivity contribution in [3.63, 3.8) is 0 Å². The second-order valence-corrected chi connectivity index (χ2v) is 1.51. The van der Waals surface area contributed by atoms with E-state index in [0.29, 0.717) is 0 Å². The van der Waals surface area contributed by atoms with Crippen molar-refractivity contribution in [2.75, 3.05) is 5.43 Å². The maximum Gasteiger partial charge on any atom is 0.423 e. The Balaban J connectivity index is 2.58. The topological polar surface area (TPSA) is 54.3 Å². The van der Waals surface area contributed by atoms with E-state index in [2.05, 4.69) is 5.43 Å². The highest BCUT2D eigenvalue weighted by atomic mass is 16.4. The van der Waals surface area contributed by atoms with Gasteiger partial charge in [0.2, 0.25) is 0 Å². The van der Waals surface area contributed by atoms with Crippen LogP contribution < -0.4 is 5.43 Å². The molecule has 0 aromatic carbocycles. The Morgan fingerprint density at radius 3 is 2.44 bits per heavy atom. The second kappa shape index (κ2) is 2.21. The van der Waals surface area contributed by atoms with Gasteiger partial charge < -0.3 is 5.11 Å². The summed E-state index contributed by atoms with van der Waals surface area (Å²) in [6.45, 7) is 0. The van der Waals surface area contributed by atoms with Gasteiger partial charge in [-0.2, -0.15) is 0 Å². The summed E-state index contributed by atoms with van der Waals surface area (Å²) in [5.41, 5.74) is 2.12. The molecule has 1 aromatic heterocycles. The molecule has 0 aliphatic carbocycles. The summed E-state index contributed by atoms with van der Waals surface area (Å²) in [6.07, 6.45) is 2.15. The molecule has 48 valence electrons. The normalized spacial score (nSPS) is 8.89. The van der Waals surface area contributed by atoms with Crippen LogP contribution in [0.2, 0.25) is 0 Å². The molecule has 0 saturated heterocycles. The maximum atomic E-state index is 9.93. The minimum Gasteiger partial charge on any atom is -0.464 e. The van der Waals surface area contributed by atoms with Gasteiger partial charge in [0.15, 0.2) is 0 Å². The van der Waals surface area contributed by atoms with E-state index in [1.54, 1.807) is 24.5 Å². The highest BCUT2D eigenvalue weighted by Crippen LogP contribution is 1.83. The van der Waals surface area contributed by atoms with E-state index in [1.807, 2.05) is 0 Å². The first-order chi connectivity index (χ1) is 4.29. The summed E-state index contributed by atoms with van der Waals surface area (Å²) in [5, 5.41) is 8.15. The van der Waals surface area contributed by atoms with Gasteiger partial charge in [-0.15, -0.1) is 0 Å². The molecular formula is C5H6N2O2. The molecule has 1 aromatic rings. The van der Waals surface area contributed by atoms with Crippen LogP contribution in [0.3, 0.4) is 0 Å². The summed E-state index contributed by atoms with van der Waals surface area (Å²) >= 11 is 0. The summed E-state index contributed by atoms with van der Waals surface area (Å²) < 4.78 is 1.35. The van der Waals surface area contributed by atoms with Crippen molar-refractivity contribution in [1.82, 2.24) is 4.68 Å². The minimum atomic E-state index is -1.06. The zero-order chi connectivity index (χ0) is 6.69. The lowest BCUT2D eigenvalue weighted by Gasteiger charge is -1.97. The van der Waals surface area contributed by atoms with Gasteiger partial charge in [-0.25, -0.2) is 10.2 Å². The third-order valence-electron chi connectivity index (χ3n) is 0.829. The number of hydrogen-bond donors (Lipinski definition) is 2. The molecular weight excluding hydrogens is 120 g/mol. The molecule has 0 saturated carbocycles. The zero-order valence-corrected chi connectivity index (χ0v) is 4.61. The number of aromatic nitrogens is 1. The van der Waals surface area contributed by atoms with Crippen LogP contribution in [0.5, 0.6) is 0 Å². The molecule has 1 amide bonds. The van der Waals surface area contributed by atoms with Crippen molar-refractivity contribution in [2.24, 2.45) is 0 Å². The van der Waals surface area contributed by atoms with Gasteiger partial charge in [0.1, 0.15) is 0 Å². The van der Waals surface area contributed by atoms with Crippen molar-refractivity contribution < 1.29 is 9.90 Å². The Morgan fingerprint density at radius 2 is 2.00 bits per heavy atom. The lowest BCUT2D eigenvalue weighted by Crippen LogP contribution is -2.18. The van der Waals surface area contributed by atoms with Crippen molar-refractivity contribution in [2.45, 2.75) is 0 Å². The molecule has 0 radical (unpaired) electrons. The van der Waals surface area contributed by atoms with E-state index in [-0.39, 0.29) is 0 Å². The van der Waals surface area contributed by atoms with E-state index in [1.165, 1.54) is 4.68 Å². The standard InChI is InChI=1S/C5H6N2O2/c8-5(9)6-7-3-1-2-4-7/h1-4,6H,(H,8,9). The van der Waals surface area contributed by atoms with Crippen molar-refractivity contribution in [3.05, 3.63) is 24.5 Å². The van der Waals surface area contributed by atoms with Crippen LogP contribution in [0.1, 0.15) is 0 Å². The minimum absolute atomic E-state index is 1.06. The van der Waals surface area contributed by atoms with Gasteiger partial charge in [0.25, 0.3) is 0 Å². The lowest BCUT2D eigenvalue weighted by molar-refractivity contribution is 0.206. The molecule has 1 rings (SSSR count). The van der Waals surface area contributed by atoms with Crippen molar-refractivity contribution in [3.8, 4) is 0 Å². The van der Waals surface area contributed by atoms with Gasteiger partial charge >= 0.3 is 6.09 Å². The quantitative estimate of drug-likeness (QED) is 0.582. The third kappa shape index (κ3) is 1.49. The fourth-order valence-corrected chi connectivity index (χ4v) is 0.519. The van der Waals surface area contributed by atoms with Crippen LogP contribution in [0.15, 0.2) is 24.5 Å². The Kier molecular flexibility index (Phi) is 1.40. The number of nitrogens with one attached hydrogen (secondary N) is 1. The number of hydrogen-bond acceptors (Lipinski definition) is 1. The van der Waals surface area contributed by atoms with Crippen molar-refractivity contribution >= 4 is 6.09 Å². The molecule has 0 unspecified atom stereocenters. The van der Waals surface area contributed by atoms with Gasteiger partial charge in [-0.3, -0.25) is 4.68 Å². The van der Waals surface area contributed by atoms with E-state index in [4.69, 9.17) is 5.11 Å². The first-order valence-corrected chi connectivity index (χ1v) is 2.42. The fourth-order valence-electron chi connectivity index (χ4n) is 0.519. The Hall–Kier alpha value is -1.45. The van der Waals surface area contributed by atoms with Crippen LogP contribution in [-0.4, -0.2) is 15.9 Å². The van der Waals surface area contributed by atoms with Crippen LogP contribution in [-0.2, 0) is 0 Å². The molecule has 9 heavy (non-hydrogen) atoms. The maximum absolute atomic E-state index is 9.93. The van der Waals surface area contributed by atoms with Gasteiger partial charge in [-0.05, 0) is 12.1 Å². The van der Waals surface area contributed by atoms with Crippen LogP contribution in [0.4, 0.5) is 4.79 Å². The molecule has 4 heteroatoms. The zero-order valence-electron chi connectivity index (χ0n) is 4.61. The monoisotopic (exact) mass is 126 g/mol.